The van der Waals surface area contributed by atoms with E-state index in [1.165, 1.54) is 0 Å². The van der Waals surface area contributed by atoms with Crippen LogP contribution in [0.2, 0.25) is 5.02 Å². The molecule has 1 amide bonds. The highest BCUT2D eigenvalue weighted by Crippen LogP contribution is 2.25. The van der Waals surface area contributed by atoms with Gasteiger partial charge in [0.2, 0.25) is 5.91 Å². The van der Waals surface area contributed by atoms with E-state index in [-0.39, 0.29) is 5.91 Å². The first-order valence-electron chi connectivity index (χ1n) is 6.02. The molecule has 4 nitrogen and oxygen atoms in total. The Bertz CT molecular complexity index is 433. The van der Waals surface area contributed by atoms with Crippen LogP contribution >= 0.6 is 11.6 Å². The zero-order valence-electron chi connectivity index (χ0n) is 10.3. The molecule has 5 heteroatoms. The molecule has 1 saturated carbocycles. The van der Waals surface area contributed by atoms with Crippen molar-refractivity contribution in [3.8, 4) is 5.75 Å². The highest BCUT2D eigenvalue weighted by Gasteiger charge is 2.22. The molecule has 98 valence electrons. The molecule has 0 saturated heterocycles. The van der Waals surface area contributed by atoms with Crippen LogP contribution < -0.4 is 15.4 Å². The van der Waals surface area contributed by atoms with Crippen molar-refractivity contribution in [3.05, 3.63) is 28.8 Å². The molecule has 0 bridgehead atoms. The number of hydrogen-bond donors (Lipinski definition) is 2. The average Bonchev–Trinajstić information content (AvgIpc) is 3.15. The first-order chi connectivity index (χ1) is 8.70. The summed E-state index contributed by atoms with van der Waals surface area (Å²) >= 11 is 6.10. The summed E-state index contributed by atoms with van der Waals surface area (Å²) in [4.78, 5) is 11.5. The Morgan fingerprint density at radius 2 is 2.28 bits per heavy atom. The molecular weight excluding hydrogens is 252 g/mol. The third-order valence-electron chi connectivity index (χ3n) is 2.83. The van der Waals surface area contributed by atoms with Gasteiger partial charge in [-0.25, -0.2) is 0 Å². The van der Waals surface area contributed by atoms with Gasteiger partial charge in [-0.2, -0.15) is 0 Å². The van der Waals surface area contributed by atoms with Gasteiger partial charge in [0, 0.05) is 23.2 Å². The van der Waals surface area contributed by atoms with Crippen LogP contribution in [0.3, 0.4) is 0 Å². The summed E-state index contributed by atoms with van der Waals surface area (Å²) in [7, 11) is 1.61. The quantitative estimate of drug-likeness (QED) is 0.826. The van der Waals surface area contributed by atoms with E-state index in [2.05, 4.69) is 10.6 Å². The fraction of sp³-hybridized carbons (Fsp3) is 0.462. The number of carbonyl (C=O) groups is 1. The third kappa shape index (κ3) is 3.62. The van der Waals surface area contributed by atoms with E-state index in [0.717, 1.165) is 24.2 Å². The maximum absolute atomic E-state index is 11.5. The molecule has 2 N–H and O–H groups in total. The number of methoxy groups -OCH3 is 1. The van der Waals surface area contributed by atoms with Gasteiger partial charge in [0.1, 0.15) is 5.75 Å². The summed E-state index contributed by atoms with van der Waals surface area (Å²) in [5.41, 5.74) is 0.876. The summed E-state index contributed by atoms with van der Waals surface area (Å²) in [5, 5.41) is 6.63. The Labute approximate surface area is 112 Å². The molecular formula is C13H17ClN2O2. The summed E-state index contributed by atoms with van der Waals surface area (Å²) in [6.45, 7) is 0.811. The highest BCUT2D eigenvalue weighted by molar-refractivity contribution is 6.31. The Morgan fingerprint density at radius 1 is 1.50 bits per heavy atom. The van der Waals surface area contributed by atoms with Crippen molar-refractivity contribution in [3.63, 3.8) is 0 Å². The van der Waals surface area contributed by atoms with Crippen LogP contribution in [0.25, 0.3) is 0 Å². The van der Waals surface area contributed by atoms with Crippen molar-refractivity contribution in [2.24, 2.45) is 0 Å². The topological polar surface area (TPSA) is 50.4 Å². The van der Waals surface area contributed by atoms with Crippen LogP contribution in [0.5, 0.6) is 5.75 Å². The van der Waals surface area contributed by atoms with Crippen molar-refractivity contribution in [2.45, 2.75) is 25.4 Å². The predicted octanol–water partition coefficient (Wildman–Crippen LogP) is 1.72. The van der Waals surface area contributed by atoms with Crippen molar-refractivity contribution in [1.29, 1.82) is 0 Å². The second-order valence-electron chi connectivity index (χ2n) is 4.37. The maximum atomic E-state index is 11.5. The number of benzene rings is 1. The van der Waals surface area contributed by atoms with Gasteiger partial charge in [0.15, 0.2) is 0 Å². The fourth-order valence-electron chi connectivity index (χ4n) is 1.71. The lowest BCUT2D eigenvalue weighted by molar-refractivity contribution is -0.120. The van der Waals surface area contributed by atoms with E-state index in [4.69, 9.17) is 16.3 Å². The maximum Gasteiger partial charge on any atom is 0.234 e. The van der Waals surface area contributed by atoms with Crippen LogP contribution in [0.15, 0.2) is 18.2 Å². The molecule has 1 aromatic carbocycles. The first-order valence-corrected chi connectivity index (χ1v) is 6.40. The summed E-state index contributed by atoms with van der Waals surface area (Å²) in [6.07, 6.45) is 2.20. The standard InChI is InChI=1S/C13H17ClN2O2/c1-18-12-4-2-3-11(14)10(12)7-15-8-13(17)16-9-5-6-9/h2-4,9,15H,5-8H2,1H3,(H,16,17). The molecule has 0 atom stereocenters. The third-order valence-corrected chi connectivity index (χ3v) is 3.18. The van der Waals surface area contributed by atoms with Gasteiger partial charge < -0.3 is 15.4 Å². The van der Waals surface area contributed by atoms with Gasteiger partial charge in [0.25, 0.3) is 0 Å². The smallest absolute Gasteiger partial charge is 0.234 e. The summed E-state index contributed by atoms with van der Waals surface area (Å²) in [6, 6.07) is 5.90. The van der Waals surface area contributed by atoms with E-state index < -0.39 is 0 Å². The summed E-state index contributed by atoms with van der Waals surface area (Å²) in [5.74, 6) is 0.765. The zero-order chi connectivity index (χ0) is 13.0. The lowest BCUT2D eigenvalue weighted by Gasteiger charge is -2.11. The molecule has 0 spiro atoms. The second-order valence-corrected chi connectivity index (χ2v) is 4.77. The first kappa shape index (κ1) is 13.2. The number of halogens is 1. The van der Waals surface area contributed by atoms with Crippen LogP contribution in [-0.2, 0) is 11.3 Å². The Kier molecular flexibility index (Phi) is 4.44. The van der Waals surface area contributed by atoms with Gasteiger partial charge in [0.05, 0.1) is 13.7 Å². The SMILES string of the molecule is COc1cccc(Cl)c1CNCC(=O)NC1CC1. The Balaban J connectivity index is 1.83. The summed E-state index contributed by atoms with van der Waals surface area (Å²) < 4.78 is 5.23. The van der Waals surface area contributed by atoms with Crippen LogP contribution in [0, 0.1) is 0 Å². The predicted molar refractivity (Wildman–Crippen MR) is 70.9 cm³/mol. The highest BCUT2D eigenvalue weighted by atomic mass is 35.5. The average molecular weight is 269 g/mol. The second kappa shape index (κ2) is 6.07. The number of ether oxygens (including phenoxy) is 1. The Hall–Kier alpha value is -1.26. The molecule has 1 aliphatic carbocycles. The molecule has 0 heterocycles. The molecule has 2 rings (SSSR count). The molecule has 0 aromatic heterocycles. The monoisotopic (exact) mass is 268 g/mol. The number of carbonyl (C=O) groups excluding carboxylic acids is 1. The molecule has 1 fully saturated rings. The van der Waals surface area contributed by atoms with E-state index in [0.29, 0.717) is 24.2 Å². The van der Waals surface area contributed by atoms with Crippen LogP contribution in [0.4, 0.5) is 0 Å². The fourth-order valence-corrected chi connectivity index (χ4v) is 1.94. The molecule has 0 aliphatic heterocycles. The van der Waals surface area contributed by atoms with Gasteiger partial charge in [-0.1, -0.05) is 17.7 Å². The van der Waals surface area contributed by atoms with Crippen molar-refractivity contribution in [2.75, 3.05) is 13.7 Å². The molecule has 18 heavy (non-hydrogen) atoms. The number of amides is 1. The zero-order valence-corrected chi connectivity index (χ0v) is 11.1. The van der Waals surface area contributed by atoms with Crippen molar-refractivity contribution < 1.29 is 9.53 Å². The largest absolute Gasteiger partial charge is 0.496 e. The van der Waals surface area contributed by atoms with E-state index >= 15 is 0 Å². The van der Waals surface area contributed by atoms with Gasteiger partial charge >= 0.3 is 0 Å². The van der Waals surface area contributed by atoms with Crippen LogP contribution in [-0.4, -0.2) is 25.6 Å². The van der Waals surface area contributed by atoms with E-state index in [1.54, 1.807) is 7.11 Å². The molecule has 0 unspecified atom stereocenters. The lowest BCUT2D eigenvalue weighted by atomic mass is 10.2. The lowest BCUT2D eigenvalue weighted by Crippen LogP contribution is -2.34. The minimum atomic E-state index is 0.0310. The number of nitrogens with one attached hydrogen (secondary N) is 2. The molecule has 0 radical (unpaired) electrons. The normalized spacial score (nSPS) is 14.3. The van der Waals surface area contributed by atoms with E-state index in [9.17, 15) is 4.79 Å². The van der Waals surface area contributed by atoms with Crippen molar-refractivity contribution >= 4 is 17.5 Å². The van der Waals surface area contributed by atoms with E-state index in [1.807, 2.05) is 18.2 Å². The van der Waals surface area contributed by atoms with Gasteiger partial charge in [-0.3, -0.25) is 4.79 Å². The number of hydrogen-bond acceptors (Lipinski definition) is 3. The van der Waals surface area contributed by atoms with Gasteiger partial charge in [-0.05, 0) is 25.0 Å². The van der Waals surface area contributed by atoms with Crippen LogP contribution in [0.1, 0.15) is 18.4 Å². The minimum Gasteiger partial charge on any atom is -0.496 e. The molecule has 1 aromatic rings. The molecule has 1 aliphatic rings. The van der Waals surface area contributed by atoms with Crippen molar-refractivity contribution in [1.82, 2.24) is 10.6 Å². The van der Waals surface area contributed by atoms with Gasteiger partial charge in [-0.15, -0.1) is 0 Å². The number of rotatable bonds is 6. The minimum absolute atomic E-state index is 0.0310. The Morgan fingerprint density at radius 3 is 2.94 bits per heavy atom.